The van der Waals surface area contributed by atoms with Gasteiger partial charge in [0.05, 0.1) is 5.56 Å². The van der Waals surface area contributed by atoms with Crippen LogP contribution >= 0.6 is 12.4 Å². The van der Waals surface area contributed by atoms with E-state index in [4.69, 9.17) is 0 Å². The van der Waals surface area contributed by atoms with Gasteiger partial charge in [0.15, 0.2) is 0 Å². The van der Waals surface area contributed by atoms with Crippen molar-refractivity contribution in [3.8, 4) is 0 Å². The second kappa shape index (κ2) is 6.59. The first-order valence-corrected chi connectivity index (χ1v) is 9.67. The molecule has 0 aromatic heterocycles. The molecule has 2 aliphatic heterocycles. The van der Waals surface area contributed by atoms with Gasteiger partial charge in [-0.2, -0.15) is 0 Å². The normalized spacial score (nSPS) is 24.4. The minimum atomic E-state index is -3.83. The van der Waals surface area contributed by atoms with E-state index in [0.29, 0.717) is 19.4 Å². The monoisotopic (exact) mass is 385 g/mol. The zero-order chi connectivity index (χ0) is 16.9. The second-order valence-corrected chi connectivity index (χ2v) is 8.35. The standard InChI is InChI=1S/C16H19N3O4S.ClH/c20-15(18-11-2-1-7-17-9-11)10-3-6-13-14(8-10)24(22,23)19(16(13)21)12-4-5-12;/h3,6,8,11-12,17H,1-2,4-5,7,9H2,(H,18,20);1H/t11-;/m0./s1. The minimum absolute atomic E-state index is 0. The first kappa shape index (κ1) is 18.2. The summed E-state index contributed by atoms with van der Waals surface area (Å²) in [6.45, 7) is 1.66. The molecular weight excluding hydrogens is 366 g/mol. The maximum Gasteiger partial charge on any atom is 0.269 e. The lowest BCUT2D eigenvalue weighted by atomic mass is 10.1. The summed E-state index contributed by atoms with van der Waals surface area (Å²) in [5.74, 6) is -0.782. The highest BCUT2D eigenvalue weighted by Gasteiger charge is 2.48. The zero-order valence-corrected chi connectivity index (χ0v) is 15.2. The molecule has 1 saturated heterocycles. The third kappa shape index (κ3) is 3.14. The van der Waals surface area contributed by atoms with Crippen LogP contribution in [0.4, 0.5) is 0 Å². The molecule has 3 aliphatic rings. The summed E-state index contributed by atoms with van der Waals surface area (Å²) in [4.78, 5) is 24.7. The van der Waals surface area contributed by atoms with Crippen molar-refractivity contribution >= 4 is 34.2 Å². The molecule has 1 aromatic rings. The molecule has 4 rings (SSSR count). The number of carbonyl (C=O) groups is 2. The van der Waals surface area contributed by atoms with Gasteiger partial charge in [-0.3, -0.25) is 9.59 Å². The van der Waals surface area contributed by atoms with Gasteiger partial charge in [-0.25, -0.2) is 12.7 Å². The van der Waals surface area contributed by atoms with Gasteiger partial charge in [-0.05, 0) is 50.4 Å². The van der Waals surface area contributed by atoms with E-state index in [0.717, 1.165) is 23.7 Å². The summed E-state index contributed by atoms with van der Waals surface area (Å²) in [6.07, 6.45) is 3.31. The molecular formula is C16H20ClN3O4S. The van der Waals surface area contributed by atoms with Gasteiger partial charge < -0.3 is 10.6 Å². The van der Waals surface area contributed by atoms with Gasteiger partial charge in [0.1, 0.15) is 4.90 Å². The Kier molecular flexibility index (Phi) is 4.78. The molecule has 2 heterocycles. The number of carbonyl (C=O) groups excluding carboxylic acids is 2. The molecule has 25 heavy (non-hydrogen) atoms. The van der Waals surface area contributed by atoms with Crippen LogP contribution in [0, 0.1) is 0 Å². The smallest absolute Gasteiger partial charge is 0.269 e. The van der Waals surface area contributed by atoms with E-state index in [1.165, 1.54) is 18.2 Å². The lowest BCUT2D eigenvalue weighted by Crippen LogP contribution is -2.45. The predicted molar refractivity (Wildman–Crippen MR) is 93.4 cm³/mol. The average Bonchev–Trinajstić information content (AvgIpc) is 3.36. The van der Waals surface area contributed by atoms with Gasteiger partial charge in [0, 0.05) is 24.2 Å². The lowest BCUT2D eigenvalue weighted by Gasteiger charge is -2.23. The van der Waals surface area contributed by atoms with E-state index in [9.17, 15) is 18.0 Å². The van der Waals surface area contributed by atoms with Crippen LogP contribution in [0.15, 0.2) is 23.1 Å². The van der Waals surface area contributed by atoms with E-state index in [1.54, 1.807) is 0 Å². The Morgan fingerprint density at radius 2 is 2.00 bits per heavy atom. The molecule has 1 atom stereocenters. The van der Waals surface area contributed by atoms with Crippen LogP contribution in [0.3, 0.4) is 0 Å². The summed E-state index contributed by atoms with van der Waals surface area (Å²) in [5, 5.41) is 6.13. The number of nitrogens with zero attached hydrogens (tertiary/aromatic N) is 1. The molecule has 0 radical (unpaired) electrons. The molecule has 7 nitrogen and oxygen atoms in total. The van der Waals surface area contributed by atoms with Crippen LogP contribution in [0.25, 0.3) is 0 Å². The van der Waals surface area contributed by atoms with Gasteiger partial charge >= 0.3 is 0 Å². The van der Waals surface area contributed by atoms with Crippen molar-refractivity contribution in [2.24, 2.45) is 0 Å². The molecule has 136 valence electrons. The number of hydrogen-bond acceptors (Lipinski definition) is 5. The van der Waals surface area contributed by atoms with Crippen molar-refractivity contribution < 1.29 is 18.0 Å². The summed E-state index contributed by atoms with van der Waals surface area (Å²) in [5.41, 5.74) is 0.436. The minimum Gasteiger partial charge on any atom is -0.348 e. The Hall–Kier alpha value is -1.64. The number of amides is 2. The van der Waals surface area contributed by atoms with Crippen molar-refractivity contribution in [2.75, 3.05) is 13.1 Å². The molecule has 9 heteroatoms. The summed E-state index contributed by atoms with van der Waals surface area (Å²) < 4.78 is 26.2. The molecule has 2 fully saturated rings. The SMILES string of the molecule is Cl.O=C(N[C@H]1CCCNC1)c1ccc2c(c1)S(=O)(=O)N(C1CC1)C2=O. The maximum absolute atomic E-state index is 12.6. The molecule has 0 bridgehead atoms. The van der Waals surface area contributed by atoms with Crippen molar-refractivity contribution in [3.05, 3.63) is 29.3 Å². The third-order valence-electron chi connectivity index (χ3n) is 4.72. The fourth-order valence-corrected chi connectivity index (χ4v) is 5.14. The van der Waals surface area contributed by atoms with Crippen molar-refractivity contribution in [1.29, 1.82) is 0 Å². The van der Waals surface area contributed by atoms with Gasteiger partial charge in [-0.15, -0.1) is 12.4 Å². The van der Waals surface area contributed by atoms with E-state index < -0.39 is 15.9 Å². The van der Waals surface area contributed by atoms with Crippen LogP contribution in [-0.4, -0.2) is 49.7 Å². The number of fused-ring (bicyclic) bond motifs is 1. The molecule has 1 saturated carbocycles. The molecule has 1 aromatic carbocycles. The maximum atomic E-state index is 12.6. The van der Waals surface area contributed by atoms with E-state index in [-0.39, 0.29) is 46.4 Å². The Morgan fingerprint density at radius 3 is 2.64 bits per heavy atom. The van der Waals surface area contributed by atoms with Crippen LogP contribution < -0.4 is 10.6 Å². The zero-order valence-electron chi connectivity index (χ0n) is 13.5. The number of hydrogen-bond donors (Lipinski definition) is 2. The van der Waals surface area contributed by atoms with Crippen LogP contribution in [-0.2, 0) is 10.0 Å². The van der Waals surface area contributed by atoms with Crippen molar-refractivity contribution in [1.82, 2.24) is 14.9 Å². The lowest BCUT2D eigenvalue weighted by molar-refractivity contribution is 0.0863. The fraction of sp³-hybridized carbons (Fsp3) is 0.500. The molecule has 0 spiro atoms. The Labute approximate surface area is 152 Å². The number of sulfonamides is 1. The summed E-state index contributed by atoms with van der Waals surface area (Å²) in [7, 11) is -3.83. The molecule has 2 N–H and O–H groups in total. The molecule has 1 aliphatic carbocycles. The number of nitrogens with one attached hydrogen (secondary N) is 2. The number of halogens is 1. The number of piperidine rings is 1. The third-order valence-corrected chi connectivity index (χ3v) is 6.60. The van der Waals surface area contributed by atoms with Crippen molar-refractivity contribution in [2.45, 2.75) is 42.7 Å². The Balaban J connectivity index is 0.00000182. The van der Waals surface area contributed by atoms with E-state index in [1.807, 2.05) is 0 Å². The second-order valence-electron chi connectivity index (χ2n) is 6.56. The molecule has 0 unspecified atom stereocenters. The van der Waals surface area contributed by atoms with Gasteiger partial charge in [0.25, 0.3) is 21.8 Å². The van der Waals surface area contributed by atoms with Crippen LogP contribution in [0.1, 0.15) is 46.4 Å². The average molecular weight is 386 g/mol. The van der Waals surface area contributed by atoms with E-state index in [2.05, 4.69) is 10.6 Å². The van der Waals surface area contributed by atoms with Gasteiger partial charge in [-0.1, -0.05) is 0 Å². The first-order valence-electron chi connectivity index (χ1n) is 8.23. The fourth-order valence-electron chi connectivity index (χ4n) is 3.30. The predicted octanol–water partition coefficient (Wildman–Crippen LogP) is 0.897. The number of benzene rings is 1. The van der Waals surface area contributed by atoms with Crippen LogP contribution in [0.5, 0.6) is 0 Å². The first-order chi connectivity index (χ1) is 11.5. The van der Waals surface area contributed by atoms with Crippen molar-refractivity contribution in [3.63, 3.8) is 0 Å². The highest BCUT2D eigenvalue weighted by molar-refractivity contribution is 7.90. The topological polar surface area (TPSA) is 95.6 Å². The highest BCUT2D eigenvalue weighted by Crippen LogP contribution is 2.39. The quantitative estimate of drug-likeness (QED) is 0.805. The van der Waals surface area contributed by atoms with E-state index >= 15 is 0 Å². The highest BCUT2D eigenvalue weighted by atomic mass is 35.5. The summed E-state index contributed by atoms with van der Waals surface area (Å²) in [6, 6.07) is 4.12. The van der Waals surface area contributed by atoms with Crippen LogP contribution in [0.2, 0.25) is 0 Å². The van der Waals surface area contributed by atoms with Gasteiger partial charge in [0.2, 0.25) is 0 Å². The largest absolute Gasteiger partial charge is 0.348 e. The number of rotatable bonds is 3. The Bertz CT molecular complexity index is 817. The summed E-state index contributed by atoms with van der Waals surface area (Å²) >= 11 is 0. The molecule has 2 amide bonds. The Morgan fingerprint density at radius 1 is 1.24 bits per heavy atom.